The molecule has 0 saturated heterocycles. The molecular weight excluding hydrogens is 106 g/mol. The van der Waals surface area contributed by atoms with Crippen molar-refractivity contribution in [3.8, 4) is 6.07 Å². The zero-order valence-electron chi connectivity index (χ0n) is 3.51. The minimum absolute atomic E-state index is 0. The molecule has 0 aromatic carbocycles. The van der Waals surface area contributed by atoms with Crippen molar-refractivity contribution < 1.29 is 9.90 Å². The van der Waals surface area contributed by atoms with Gasteiger partial charge in [0, 0.05) is 0 Å². The van der Waals surface area contributed by atoms with E-state index in [1.165, 1.54) is 6.07 Å². The smallest absolute Gasteiger partial charge is 0.345 e. The molecule has 0 amide bonds. The first kappa shape index (κ1) is 9.85. The van der Waals surface area contributed by atoms with Gasteiger partial charge in [-0.15, -0.1) is 0 Å². The molecule has 0 heterocycles. The van der Waals surface area contributed by atoms with Gasteiger partial charge in [0.05, 0.1) is 0 Å². The Morgan fingerprint density at radius 3 is 2.12 bits per heavy atom. The number of hydrogen-bond acceptors (Lipinski definition) is 2. The van der Waals surface area contributed by atoms with Crippen molar-refractivity contribution in [3.63, 3.8) is 0 Å². The van der Waals surface area contributed by atoms with Crippen LogP contribution >= 0.6 is 0 Å². The van der Waals surface area contributed by atoms with Crippen molar-refractivity contribution in [1.29, 1.82) is 5.26 Å². The first-order valence-electron chi connectivity index (χ1n) is 1.50. The molecule has 0 aliphatic heterocycles. The van der Waals surface area contributed by atoms with Crippen LogP contribution < -0.4 is 0 Å². The van der Waals surface area contributed by atoms with Crippen molar-refractivity contribution in [2.75, 3.05) is 0 Å². The maximum atomic E-state index is 9.61. The third-order valence-electron chi connectivity index (χ3n) is 0.393. The molecule has 0 spiro atoms. The molecule has 0 rings (SSSR count). The van der Waals surface area contributed by atoms with Crippen LogP contribution in [0.5, 0.6) is 0 Å². The largest absolute Gasteiger partial charge is 0.477 e. The molecule has 0 radical (unpaired) electrons. The van der Waals surface area contributed by atoms with E-state index in [9.17, 15) is 4.79 Å². The molecule has 0 fully saturated rings. The van der Waals surface area contributed by atoms with E-state index in [0.29, 0.717) is 0 Å². The van der Waals surface area contributed by atoms with E-state index in [4.69, 9.17) is 10.4 Å². The average molecular weight is 113 g/mol. The van der Waals surface area contributed by atoms with Gasteiger partial charge in [0.25, 0.3) is 0 Å². The van der Waals surface area contributed by atoms with Gasteiger partial charge < -0.3 is 5.11 Å². The van der Waals surface area contributed by atoms with Gasteiger partial charge in [-0.25, -0.2) is 4.79 Å². The number of nitrogens with zero attached hydrogens (tertiary/aromatic N) is 1. The molecule has 0 aliphatic carbocycles. The summed E-state index contributed by atoms with van der Waals surface area (Å²) in [5.41, 5.74) is -0.431. The molecule has 0 aromatic heterocycles. The predicted molar refractivity (Wildman–Crippen MR) is 29.1 cm³/mol. The average Bonchev–Trinajstić information content (AvgIpc) is 1.65. The number of nitriles is 1. The molecule has 0 aliphatic rings. The fourth-order valence-electron chi connectivity index (χ4n) is 0.0478. The van der Waals surface area contributed by atoms with Crippen LogP contribution in [0.25, 0.3) is 0 Å². The lowest BCUT2D eigenvalue weighted by Gasteiger charge is -1.76. The van der Waals surface area contributed by atoms with Crippen molar-refractivity contribution in [2.45, 2.75) is 7.43 Å². The number of carboxylic acid groups (broad SMARTS) is 1. The van der Waals surface area contributed by atoms with Crippen LogP contribution in [0.1, 0.15) is 7.43 Å². The predicted octanol–water partition coefficient (Wildman–Crippen LogP) is 0.787. The Kier molecular flexibility index (Phi) is 4.77. The number of hydrogen-bond donors (Lipinski definition) is 1. The number of rotatable bonds is 1. The van der Waals surface area contributed by atoms with Gasteiger partial charge in [-0.05, 0) is 0 Å². The molecule has 0 aromatic rings. The number of carboxylic acids is 1. The third kappa shape index (κ3) is 2.91. The Morgan fingerprint density at radius 2 is 2.12 bits per heavy atom. The van der Waals surface area contributed by atoms with E-state index in [1.54, 1.807) is 0 Å². The Hall–Kier alpha value is -1.30. The van der Waals surface area contributed by atoms with Gasteiger partial charge in [0.2, 0.25) is 0 Å². The van der Waals surface area contributed by atoms with E-state index in [0.717, 1.165) is 0 Å². The number of aliphatic carboxylic acids is 1. The fourth-order valence-corrected chi connectivity index (χ4v) is 0.0478. The van der Waals surface area contributed by atoms with Crippen LogP contribution in [0.15, 0.2) is 12.2 Å². The highest BCUT2D eigenvalue weighted by Gasteiger charge is 1.97. The third-order valence-corrected chi connectivity index (χ3v) is 0.393. The number of carbonyl (C=O) groups is 1. The van der Waals surface area contributed by atoms with Gasteiger partial charge in [-0.2, -0.15) is 5.26 Å². The van der Waals surface area contributed by atoms with Crippen LogP contribution in [0.3, 0.4) is 0 Å². The van der Waals surface area contributed by atoms with Crippen LogP contribution in [-0.2, 0) is 4.79 Å². The Morgan fingerprint density at radius 1 is 1.75 bits per heavy atom. The van der Waals surface area contributed by atoms with Crippen molar-refractivity contribution >= 4 is 5.97 Å². The Labute approximate surface area is 47.9 Å². The summed E-state index contributed by atoms with van der Waals surface area (Å²) < 4.78 is 0. The zero-order valence-corrected chi connectivity index (χ0v) is 3.51. The molecular formula is C5H7NO2. The summed E-state index contributed by atoms with van der Waals surface area (Å²) in [6.45, 7) is 2.91. The van der Waals surface area contributed by atoms with Crippen LogP contribution in [-0.4, -0.2) is 11.1 Å². The lowest BCUT2D eigenvalue weighted by molar-refractivity contribution is -0.132. The summed E-state index contributed by atoms with van der Waals surface area (Å²) in [6.07, 6.45) is 0. The van der Waals surface area contributed by atoms with Crippen molar-refractivity contribution in [2.24, 2.45) is 0 Å². The minimum Gasteiger partial charge on any atom is -0.477 e. The fraction of sp³-hybridized carbons (Fsp3) is 0.200. The Balaban J connectivity index is 0. The second-order valence-corrected chi connectivity index (χ2v) is 0.896. The summed E-state index contributed by atoms with van der Waals surface area (Å²) in [5.74, 6) is -1.26. The van der Waals surface area contributed by atoms with Crippen LogP contribution in [0.4, 0.5) is 0 Å². The van der Waals surface area contributed by atoms with E-state index in [2.05, 4.69) is 6.58 Å². The Bertz CT molecular complexity index is 143. The van der Waals surface area contributed by atoms with Crippen molar-refractivity contribution in [3.05, 3.63) is 12.2 Å². The molecule has 0 bridgehead atoms. The summed E-state index contributed by atoms with van der Waals surface area (Å²) in [6, 6.07) is 1.37. The van der Waals surface area contributed by atoms with Gasteiger partial charge in [-0.1, -0.05) is 14.0 Å². The lowest BCUT2D eigenvalue weighted by Crippen LogP contribution is -1.94. The molecule has 3 nitrogen and oxygen atoms in total. The first-order chi connectivity index (χ1) is 3.18. The van der Waals surface area contributed by atoms with E-state index in [1.807, 2.05) is 0 Å². The first-order valence-corrected chi connectivity index (χ1v) is 1.50. The molecule has 8 heavy (non-hydrogen) atoms. The van der Waals surface area contributed by atoms with Gasteiger partial charge in [0.15, 0.2) is 0 Å². The standard InChI is InChI=1S/C4H3NO2.CH4/c1-3(2-5)4(6)7;/h1H2,(H,6,7);1H4. The minimum atomic E-state index is -1.26. The zero-order chi connectivity index (χ0) is 5.86. The summed E-state index contributed by atoms with van der Waals surface area (Å²) in [5, 5.41) is 15.6. The van der Waals surface area contributed by atoms with E-state index >= 15 is 0 Å². The van der Waals surface area contributed by atoms with Crippen LogP contribution in [0, 0.1) is 11.3 Å². The van der Waals surface area contributed by atoms with E-state index < -0.39 is 11.5 Å². The normalized spacial score (nSPS) is 5.88. The molecule has 1 N–H and O–H groups in total. The monoisotopic (exact) mass is 113 g/mol. The highest BCUT2D eigenvalue weighted by atomic mass is 16.4. The van der Waals surface area contributed by atoms with Gasteiger partial charge in [0.1, 0.15) is 11.6 Å². The summed E-state index contributed by atoms with van der Waals surface area (Å²) in [4.78, 5) is 9.61. The maximum Gasteiger partial charge on any atom is 0.345 e. The quantitative estimate of drug-likeness (QED) is 0.404. The van der Waals surface area contributed by atoms with Crippen molar-refractivity contribution in [1.82, 2.24) is 0 Å². The second kappa shape index (κ2) is 3.88. The van der Waals surface area contributed by atoms with Gasteiger partial charge in [-0.3, -0.25) is 0 Å². The van der Waals surface area contributed by atoms with Gasteiger partial charge >= 0.3 is 5.97 Å². The van der Waals surface area contributed by atoms with E-state index in [-0.39, 0.29) is 7.43 Å². The molecule has 44 valence electrons. The molecule has 0 atom stereocenters. The maximum absolute atomic E-state index is 9.61. The highest BCUT2D eigenvalue weighted by molar-refractivity contribution is 5.90. The summed E-state index contributed by atoms with van der Waals surface area (Å²) in [7, 11) is 0. The second-order valence-electron chi connectivity index (χ2n) is 0.896. The summed E-state index contributed by atoms with van der Waals surface area (Å²) >= 11 is 0. The molecule has 3 heteroatoms. The topological polar surface area (TPSA) is 61.1 Å². The molecule has 0 unspecified atom stereocenters. The highest BCUT2D eigenvalue weighted by Crippen LogP contribution is 1.81. The SMILES string of the molecule is C.C=C(C#N)C(=O)O. The van der Waals surface area contributed by atoms with Crippen LogP contribution in [0.2, 0.25) is 0 Å². The molecule has 0 saturated carbocycles. The lowest BCUT2D eigenvalue weighted by atomic mass is 10.4.